The number of hydrogen-bond acceptors (Lipinski definition) is 2. The summed E-state index contributed by atoms with van der Waals surface area (Å²) in [4.78, 5) is 12.1. The molecule has 0 aliphatic carbocycles. The number of benzene rings is 1. The van der Waals surface area contributed by atoms with Crippen molar-refractivity contribution >= 4 is 33.4 Å². The minimum absolute atomic E-state index is 0.0571. The van der Waals surface area contributed by atoms with Crippen molar-refractivity contribution in [1.82, 2.24) is 5.32 Å². The predicted octanol–water partition coefficient (Wildman–Crippen LogP) is 3.13. The van der Waals surface area contributed by atoms with Crippen LogP contribution in [0.5, 0.6) is 0 Å². The fourth-order valence-electron chi connectivity index (χ4n) is 1.65. The third-order valence-electron chi connectivity index (χ3n) is 2.67. The van der Waals surface area contributed by atoms with E-state index in [1.165, 1.54) is 0 Å². The molecule has 1 unspecified atom stereocenters. The summed E-state index contributed by atoms with van der Waals surface area (Å²) in [5.74, 6) is 0.396. The molecular formula is C13H17BrClNO2. The van der Waals surface area contributed by atoms with E-state index in [-0.39, 0.29) is 11.9 Å². The Hall–Kier alpha value is -0.580. The van der Waals surface area contributed by atoms with Crippen molar-refractivity contribution in [2.45, 2.75) is 19.4 Å². The van der Waals surface area contributed by atoms with Gasteiger partial charge < -0.3 is 10.1 Å². The van der Waals surface area contributed by atoms with Crippen molar-refractivity contribution < 1.29 is 9.53 Å². The monoisotopic (exact) mass is 333 g/mol. The molecule has 1 atom stereocenters. The molecule has 1 rings (SSSR count). The van der Waals surface area contributed by atoms with E-state index < -0.39 is 0 Å². The van der Waals surface area contributed by atoms with E-state index >= 15 is 0 Å². The first-order chi connectivity index (χ1) is 8.60. The maximum atomic E-state index is 12.1. The van der Waals surface area contributed by atoms with Crippen molar-refractivity contribution in [2.75, 3.05) is 19.6 Å². The van der Waals surface area contributed by atoms with Gasteiger partial charge in [-0.15, -0.1) is 11.6 Å². The molecule has 0 aliphatic rings. The van der Waals surface area contributed by atoms with E-state index in [0.717, 1.165) is 10.0 Å². The Morgan fingerprint density at radius 3 is 2.89 bits per heavy atom. The Balaban J connectivity index is 2.77. The number of carbonyl (C=O) groups excluding carboxylic acids is 1. The molecule has 0 aliphatic heterocycles. The second-order valence-corrected chi connectivity index (χ2v) is 5.25. The third-order valence-corrected chi connectivity index (χ3v) is 3.75. The molecule has 1 N–H and O–H groups in total. The molecule has 0 bridgehead atoms. The minimum Gasteiger partial charge on any atom is -0.383 e. The van der Waals surface area contributed by atoms with Gasteiger partial charge in [0.25, 0.3) is 5.91 Å². The van der Waals surface area contributed by atoms with Gasteiger partial charge in [-0.3, -0.25) is 4.79 Å². The highest BCUT2D eigenvalue weighted by Gasteiger charge is 2.15. The Kier molecular flexibility index (Phi) is 6.68. The Labute approximate surface area is 121 Å². The normalized spacial score (nSPS) is 12.2. The van der Waals surface area contributed by atoms with Gasteiger partial charge in [0, 0.05) is 23.0 Å². The molecule has 0 fully saturated rings. The fraction of sp³-hybridized carbons (Fsp3) is 0.462. The van der Waals surface area contributed by atoms with Crippen LogP contribution in [0.1, 0.15) is 22.3 Å². The van der Waals surface area contributed by atoms with E-state index in [9.17, 15) is 4.79 Å². The maximum Gasteiger partial charge on any atom is 0.251 e. The van der Waals surface area contributed by atoms with Crippen LogP contribution in [0.15, 0.2) is 22.7 Å². The lowest BCUT2D eigenvalue weighted by atomic mass is 10.1. The van der Waals surface area contributed by atoms with Gasteiger partial charge >= 0.3 is 0 Å². The Morgan fingerprint density at radius 1 is 1.56 bits per heavy atom. The molecule has 5 heteroatoms. The van der Waals surface area contributed by atoms with Gasteiger partial charge in [0.05, 0.1) is 12.6 Å². The number of nitrogens with one attached hydrogen (secondary N) is 1. The van der Waals surface area contributed by atoms with Gasteiger partial charge in [-0.25, -0.2) is 0 Å². The van der Waals surface area contributed by atoms with Gasteiger partial charge in [0.1, 0.15) is 0 Å². The molecule has 0 saturated carbocycles. The van der Waals surface area contributed by atoms with Crippen LogP contribution < -0.4 is 5.32 Å². The van der Waals surface area contributed by atoms with Crippen molar-refractivity contribution in [3.8, 4) is 0 Å². The summed E-state index contributed by atoms with van der Waals surface area (Å²) in [6.45, 7) is 2.37. The molecule has 0 spiro atoms. The van der Waals surface area contributed by atoms with E-state index in [1.54, 1.807) is 13.2 Å². The summed E-state index contributed by atoms with van der Waals surface area (Å²) in [5.41, 5.74) is 1.59. The quantitative estimate of drug-likeness (QED) is 0.812. The van der Waals surface area contributed by atoms with Crippen LogP contribution in [-0.2, 0) is 4.74 Å². The summed E-state index contributed by atoms with van der Waals surface area (Å²) in [7, 11) is 1.61. The summed E-state index contributed by atoms with van der Waals surface area (Å²) >= 11 is 9.12. The third kappa shape index (κ3) is 4.26. The average molecular weight is 335 g/mol. The first kappa shape index (κ1) is 15.5. The highest BCUT2D eigenvalue weighted by Crippen LogP contribution is 2.19. The lowest BCUT2D eigenvalue weighted by Crippen LogP contribution is -2.38. The highest BCUT2D eigenvalue weighted by molar-refractivity contribution is 9.10. The number of halogens is 2. The SMILES string of the molecule is COCC(CCCl)NC(=O)c1cccc(Br)c1C. The number of hydrogen-bond donors (Lipinski definition) is 1. The standard InChI is InChI=1S/C13H17BrClNO2/c1-9-11(4-3-5-12(9)14)13(17)16-10(6-7-15)8-18-2/h3-5,10H,6-8H2,1-2H3,(H,16,17). The van der Waals surface area contributed by atoms with Crippen LogP contribution in [0, 0.1) is 6.92 Å². The summed E-state index contributed by atoms with van der Waals surface area (Å²) in [6.07, 6.45) is 0.689. The smallest absolute Gasteiger partial charge is 0.251 e. The highest BCUT2D eigenvalue weighted by atomic mass is 79.9. The molecule has 1 aromatic rings. The van der Waals surface area contributed by atoms with E-state index in [0.29, 0.717) is 24.5 Å². The number of ether oxygens (including phenoxy) is 1. The fourth-order valence-corrected chi connectivity index (χ4v) is 2.28. The van der Waals surface area contributed by atoms with Crippen LogP contribution in [0.3, 0.4) is 0 Å². The van der Waals surface area contributed by atoms with Crippen LogP contribution in [0.2, 0.25) is 0 Å². The topological polar surface area (TPSA) is 38.3 Å². The first-order valence-corrected chi connectivity index (χ1v) is 7.03. The van der Waals surface area contributed by atoms with Crippen LogP contribution >= 0.6 is 27.5 Å². The summed E-state index contributed by atoms with van der Waals surface area (Å²) in [5, 5.41) is 2.93. The zero-order valence-electron chi connectivity index (χ0n) is 10.5. The molecule has 0 radical (unpaired) electrons. The maximum absolute atomic E-state index is 12.1. The van der Waals surface area contributed by atoms with Gasteiger partial charge in [-0.2, -0.15) is 0 Å². The zero-order valence-corrected chi connectivity index (χ0v) is 12.8. The van der Waals surface area contributed by atoms with Gasteiger partial charge in [-0.1, -0.05) is 22.0 Å². The van der Waals surface area contributed by atoms with E-state index in [4.69, 9.17) is 16.3 Å². The molecule has 0 heterocycles. The zero-order chi connectivity index (χ0) is 13.5. The molecule has 0 saturated heterocycles. The van der Waals surface area contributed by atoms with Crippen molar-refractivity contribution in [1.29, 1.82) is 0 Å². The first-order valence-electron chi connectivity index (χ1n) is 5.71. The minimum atomic E-state index is -0.0963. The van der Waals surface area contributed by atoms with Gasteiger partial charge in [0.15, 0.2) is 0 Å². The summed E-state index contributed by atoms with van der Waals surface area (Å²) < 4.78 is 5.99. The van der Waals surface area contributed by atoms with Gasteiger partial charge in [0.2, 0.25) is 0 Å². The molecule has 18 heavy (non-hydrogen) atoms. The lowest BCUT2D eigenvalue weighted by molar-refractivity contribution is 0.0894. The molecule has 3 nitrogen and oxygen atoms in total. The molecule has 1 amide bonds. The number of rotatable bonds is 6. The Morgan fingerprint density at radius 2 is 2.28 bits per heavy atom. The van der Waals surface area contributed by atoms with Crippen molar-refractivity contribution in [2.24, 2.45) is 0 Å². The van der Waals surface area contributed by atoms with Crippen LogP contribution in [-0.4, -0.2) is 31.5 Å². The molecule has 100 valence electrons. The van der Waals surface area contributed by atoms with Gasteiger partial charge in [-0.05, 0) is 31.0 Å². The number of methoxy groups -OCH3 is 1. The number of alkyl halides is 1. The lowest BCUT2D eigenvalue weighted by Gasteiger charge is -2.17. The van der Waals surface area contributed by atoms with Crippen molar-refractivity contribution in [3.63, 3.8) is 0 Å². The largest absolute Gasteiger partial charge is 0.383 e. The number of carbonyl (C=O) groups is 1. The molecule has 0 aromatic heterocycles. The van der Waals surface area contributed by atoms with Crippen LogP contribution in [0.4, 0.5) is 0 Å². The van der Waals surface area contributed by atoms with E-state index in [1.807, 2.05) is 19.1 Å². The second kappa shape index (κ2) is 7.77. The molecular weight excluding hydrogens is 318 g/mol. The van der Waals surface area contributed by atoms with Crippen LogP contribution in [0.25, 0.3) is 0 Å². The Bertz CT molecular complexity index is 406. The second-order valence-electron chi connectivity index (χ2n) is 4.02. The average Bonchev–Trinajstić information content (AvgIpc) is 2.33. The van der Waals surface area contributed by atoms with E-state index in [2.05, 4.69) is 21.2 Å². The number of amides is 1. The predicted molar refractivity (Wildman–Crippen MR) is 77.3 cm³/mol. The summed E-state index contributed by atoms with van der Waals surface area (Å²) in [6, 6.07) is 5.51. The van der Waals surface area contributed by atoms with Crippen molar-refractivity contribution in [3.05, 3.63) is 33.8 Å². The molecule has 1 aromatic carbocycles.